The van der Waals surface area contributed by atoms with E-state index >= 15 is 0 Å². The van der Waals surface area contributed by atoms with Gasteiger partial charge < -0.3 is 88.4 Å². The number of benzene rings is 2. The Labute approximate surface area is 683 Å². The van der Waals surface area contributed by atoms with Gasteiger partial charge in [0, 0.05) is 193 Å². The van der Waals surface area contributed by atoms with E-state index in [-0.39, 0.29) is 66.1 Å². The molecule has 30 nitrogen and oxygen atoms in total. The molecule has 0 bridgehead atoms. The first kappa shape index (κ1) is 84.5. The van der Waals surface area contributed by atoms with Crippen LogP contribution in [0.25, 0.3) is 22.2 Å². The van der Waals surface area contributed by atoms with Crippen molar-refractivity contribution in [2.75, 3.05) is 131 Å². The normalized spacial score (nSPS) is 19.6. The second kappa shape index (κ2) is 37.4. The van der Waals surface area contributed by atoms with Crippen molar-refractivity contribution in [1.82, 2.24) is 68.7 Å². The third-order valence-electron chi connectivity index (χ3n) is 21.7. The van der Waals surface area contributed by atoms with Crippen LogP contribution in [-0.4, -0.2) is 224 Å². The van der Waals surface area contributed by atoms with Gasteiger partial charge in [0.05, 0.1) is 59.0 Å². The second-order valence-electron chi connectivity index (χ2n) is 30.3. The van der Waals surface area contributed by atoms with E-state index in [1.54, 1.807) is 61.7 Å². The summed E-state index contributed by atoms with van der Waals surface area (Å²) in [7, 11) is -3.60. The minimum Gasteiger partial charge on any atom is -1.00 e. The Hall–Kier alpha value is -7.86. The SMILES string of the molecule is CC1(C)OB(c2cnn(C3CCOCC3)c2)OC1(C)C.CS(=O)(=O)OC1CCOCC1.C[C@](N)(c1ccc(F)cc1)c1cnc(N2CCN(c3ncnn4cc(-c5cnn(C6CCOCC6)c5)cc34)CC2)nc1.C[C@](N)(c1ccc(F)cc1)c1cnc(N2CCN(c3ncnn4cc(Br)cc34)CC2)nc1.OC1CCOCC1.[I-]. The molecule has 7 aliphatic rings. The molecular formula is C77H100BBrF2IN20O10S-. The van der Waals surface area contributed by atoms with Crippen LogP contribution in [0, 0.1) is 11.6 Å². The fourth-order valence-electron chi connectivity index (χ4n) is 14.1. The highest BCUT2D eigenvalue weighted by atomic mass is 127. The van der Waals surface area contributed by atoms with Gasteiger partial charge in [-0.2, -0.15) is 28.8 Å². The van der Waals surface area contributed by atoms with Crippen LogP contribution in [0.4, 0.5) is 32.3 Å². The summed E-state index contributed by atoms with van der Waals surface area (Å²) < 4.78 is 94.5. The van der Waals surface area contributed by atoms with Crippen LogP contribution in [-0.2, 0) is 53.6 Å². The van der Waals surface area contributed by atoms with Crippen molar-refractivity contribution >= 4 is 73.2 Å². The highest BCUT2D eigenvalue weighted by Gasteiger charge is 2.52. The van der Waals surface area contributed by atoms with Crippen LogP contribution in [0.2, 0.25) is 0 Å². The van der Waals surface area contributed by atoms with Crippen molar-refractivity contribution in [3.05, 3.63) is 174 Å². The van der Waals surface area contributed by atoms with Gasteiger partial charge in [-0.25, -0.2) is 47.7 Å². The number of ether oxygens (including phenoxy) is 4. The standard InChI is InChI=1S/C30H33FN10O.C22H22BrFN8.C14H23BN2O3.C6H12O4S.C5H10O2.HI/c1-30(32,23-2-4-25(31)5-3-23)24-16-33-29(34-17-24)39-10-8-38(9-11-39)28-27-14-21(18-41(27)37-20-35-28)22-15-36-40(19-22)26-6-12-42-13-7-26;1-22(25,15-2-4-18(24)5-3-15)16-11-26-21(27-12-16)31-8-6-30(7-9-31)20-19-10-17(23)13-32(19)29-14-28-20;1-13(2)14(3,4)20-15(19-13)11-9-16-17(10-11)12-5-7-18-8-6-12;1-11(7,8)10-6-2-4-9-5-3-6;6-5-1-3-7-4-2-5;/h2-5,14-20,26H,6-13,32H2,1H3;2-5,10-14H,6-9,25H2,1H3;9-10,12H,5-8H2,1-4H3;6H,2-5H2,1H3;5-6H,1-4H2;1H/p-1/t30-;22-;;;;/m00..../s1. The Kier molecular flexibility index (Phi) is 28.0. The molecule has 7 fully saturated rings. The number of aliphatic hydroxyl groups is 1. The van der Waals surface area contributed by atoms with Crippen LogP contribution in [0.3, 0.4) is 0 Å². The van der Waals surface area contributed by atoms with Crippen LogP contribution in [0.5, 0.6) is 0 Å². The highest BCUT2D eigenvalue weighted by molar-refractivity contribution is 9.10. The van der Waals surface area contributed by atoms with Gasteiger partial charge in [-0.05, 0) is 156 Å². The first-order valence-corrected chi connectivity index (χ1v) is 40.7. The molecule has 0 radical (unpaired) electrons. The van der Waals surface area contributed by atoms with E-state index in [9.17, 15) is 17.2 Å². The van der Waals surface area contributed by atoms with E-state index in [1.807, 2.05) is 58.4 Å². The van der Waals surface area contributed by atoms with Crippen molar-refractivity contribution in [2.24, 2.45) is 11.5 Å². The van der Waals surface area contributed by atoms with E-state index in [0.717, 1.165) is 203 Å². The number of halogens is 4. The number of piperazine rings is 2. The Bertz CT molecular complexity index is 4780. The molecule has 7 saturated heterocycles. The smallest absolute Gasteiger partial charge is 0.498 e. The molecule has 0 saturated carbocycles. The van der Waals surface area contributed by atoms with Gasteiger partial charge in [0.25, 0.3) is 10.1 Å². The lowest BCUT2D eigenvalue weighted by molar-refractivity contribution is -0.0000683. The number of anilines is 4. The first-order valence-electron chi connectivity index (χ1n) is 38.1. The van der Waals surface area contributed by atoms with Crippen LogP contribution < -0.4 is 60.5 Å². The molecule has 0 unspecified atom stereocenters. The lowest BCUT2D eigenvalue weighted by Crippen LogP contribution is -3.00. The van der Waals surface area contributed by atoms with E-state index in [1.165, 1.54) is 24.3 Å². The van der Waals surface area contributed by atoms with Crippen molar-refractivity contribution in [3.63, 3.8) is 0 Å². The zero-order valence-electron chi connectivity index (χ0n) is 64.8. The zero-order valence-corrected chi connectivity index (χ0v) is 69.4. The third-order valence-corrected chi connectivity index (χ3v) is 22.8. The van der Waals surface area contributed by atoms with Gasteiger partial charge in [-0.15, -0.1) is 0 Å². The lowest BCUT2D eigenvalue weighted by atomic mass is 9.82. The van der Waals surface area contributed by atoms with Crippen molar-refractivity contribution in [2.45, 2.75) is 139 Å². The molecule has 5 N–H and O–H groups in total. The van der Waals surface area contributed by atoms with E-state index < -0.39 is 21.2 Å². The topological polar surface area (TPSA) is 332 Å². The Morgan fingerprint density at radius 2 is 0.912 bits per heavy atom. The first-order chi connectivity index (χ1) is 53.7. The number of fused-ring (bicyclic) bond motifs is 2. The fourth-order valence-corrected chi connectivity index (χ4v) is 15.2. The molecule has 2 atom stereocenters. The molecular weight excluding hydrogens is 1650 g/mol. The second-order valence-corrected chi connectivity index (χ2v) is 32.8. The maximum absolute atomic E-state index is 13.4. The molecule has 0 aliphatic carbocycles. The average Bonchev–Trinajstić information content (AvgIpc) is 1.68. The predicted octanol–water partition coefficient (Wildman–Crippen LogP) is 5.23. The molecule has 8 aromatic heterocycles. The molecule has 17 rings (SSSR count). The summed E-state index contributed by atoms with van der Waals surface area (Å²) in [5.41, 5.74) is 19.1. The summed E-state index contributed by atoms with van der Waals surface area (Å²) in [6.07, 6.45) is 29.9. The molecule has 10 aromatic rings. The molecule has 0 spiro atoms. The molecule has 113 heavy (non-hydrogen) atoms. The number of nitrogens with two attached hydrogens (primary N) is 2. The average molecular weight is 1750 g/mol. The summed E-state index contributed by atoms with van der Waals surface area (Å²) in [6.45, 7) is 24.1. The van der Waals surface area contributed by atoms with Gasteiger partial charge in [0.1, 0.15) is 35.3 Å². The van der Waals surface area contributed by atoms with Crippen molar-refractivity contribution < 1.29 is 78.7 Å². The monoisotopic (exact) mass is 1750 g/mol. The summed E-state index contributed by atoms with van der Waals surface area (Å²) in [5.74, 6) is 2.57. The highest BCUT2D eigenvalue weighted by Crippen LogP contribution is 2.38. The van der Waals surface area contributed by atoms with Gasteiger partial charge in [-0.3, -0.25) is 13.5 Å². The number of nitrogens with zero attached hydrogens (tertiary/aromatic N) is 18. The fraction of sp³-hybridized carbons (Fsp3) is 0.506. The van der Waals surface area contributed by atoms with Crippen LogP contribution in [0.15, 0.2) is 140 Å². The largest absolute Gasteiger partial charge is 1.00 e. The molecule has 2 aromatic carbocycles. The number of hydrogen-bond acceptors (Lipinski definition) is 26. The van der Waals surface area contributed by atoms with E-state index in [4.69, 9.17) is 49.0 Å². The number of rotatable bonds is 14. The Morgan fingerprint density at radius 3 is 1.35 bits per heavy atom. The zero-order chi connectivity index (χ0) is 78.8. The predicted molar refractivity (Wildman–Crippen MR) is 424 cm³/mol. The molecule has 0 amide bonds. The maximum atomic E-state index is 13.4. The quantitative estimate of drug-likeness (QED) is 0.0713. The van der Waals surface area contributed by atoms with Crippen molar-refractivity contribution in [1.29, 1.82) is 0 Å². The molecule has 7 aliphatic heterocycles. The minimum atomic E-state index is -3.28. The lowest BCUT2D eigenvalue weighted by Gasteiger charge is -2.35. The van der Waals surface area contributed by atoms with Gasteiger partial charge in [0.2, 0.25) is 11.9 Å². The number of aliphatic hydroxyl groups excluding tert-OH is 1. The minimum absolute atomic E-state index is 0. The van der Waals surface area contributed by atoms with Gasteiger partial charge in [0.15, 0.2) is 11.6 Å². The van der Waals surface area contributed by atoms with Crippen molar-refractivity contribution in [3.8, 4) is 11.1 Å². The number of aromatic nitrogens is 14. The third kappa shape index (κ3) is 21.2. The molecule has 15 heterocycles. The van der Waals surface area contributed by atoms with Gasteiger partial charge >= 0.3 is 7.12 Å². The Morgan fingerprint density at radius 1 is 0.513 bits per heavy atom. The van der Waals surface area contributed by atoms with Crippen LogP contribution >= 0.6 is 15.9 Å². The van der Waals surface area contributed by atoms with Gasteiger partial charge in [-0.1, -0.05) is 24.3 Å². The molecule has 36 heteroatoms. The number of hydrogen-bond donors (Lipinski definition) is 3. The summed E-state index contributed by atoms with van der Waals surface area (Å²) in [5, 5.41) is 26.7. The maximum Gasteiger partial charge on any atom is 0.498 e. The summed E-state index contributed by atoms with van der Waals surface area (Å²) >= 11 is 3.50. The van der Waals surface area contributed by atoms with E-state index in [2.05, 4.69) is 137 Å². The summed E-state index contributed by atoms with van der Waals surface area (Å²) in [4.78, 5) is 36.4. The molecule has 606 valence electrons. The Balaban J connectivity index is 0.000000146. The van der Waals surface area contributed by atoms with Crippen LogP contribution in [0.1, 0.15) is 127 Å². The van der Waals surface area contributed by atoms with E-state index in [0.29, 0.717) is 50.0 Å². The summed E-state index contributed by atoms with van der Waals surface area (Å²) in [6, 6.07) is 17.4.